The Hall–Kier alpha value is -5.30. The number of carboxylic acids is 1. The topological polar surface area (TPSA) is 173 Å². The van der Waals surface area contributed by atoms with Crippen molar-refractivity contribution in [1.29, 1.82) is 0 Å². The number of amides is 2. The van der Waals surface area contributed by atoms with Crippen LogP contribution in [0.2, 0.25) is 0 Å². The third-order valence-electron chi connectivity index (χ3n) is 6.92. The number of allylic oxidation sites excluding steroid dienone is 1. The fourth-order valence-corrected chi connectivity index (χ4v) is 4.91. The van der Waals surface area contributed by atoms with E-state index in [9.17, 15) is 24.6 Å². The van der Waals surface area contributed by atoms with E-state index in [1.54, 1.807) is 50.4 Å². The largest absolute Gasteiger partial charge is 0.490 e. The monoisotopic (exact) mass is 605 g/mol. The molecule has 2 atom stereocenters. The molecule has 3 aromatic rings. The van der Waals surface area contributed by atoms with Crippen LogP contribution in [0.25, 0.3) is 5.69 Å². The third kappa shape index (κ3) is 7.01. The van der Waals surface area contributed by atoms with E-state index in [0.717, 1.165) is 17.0 Å². The number of rotatable bonds is 12. The zero-order valence-corrected chi connectivity index (χ0v) is 25.0. The standard InChI is InChI=1S/C31H35N5O8/c1-6-43-25-14-20(28-27(30(40)42-5)18(3)33-31(41)34-28)10-11-24(25)44-16-26(37)35-32-15-22-12-17(2)36(19(22)4)23-9-7-8-21(13-23)29(38)39/h7-15,26,28,35,37H,6,16H2,1-5H3,(H,38,39)(H2,33,34,41)/b32-15-/t26-,28-/m0/s1. The first-order valence-electron chi connectivity index (χ1n) is 13.8. The summed E-state index contributed by atoms with van der Waals surface area (Å²) < 4.78 is 18.4. The number of hydrogen-bond donors (Lipinski definition) is 5. The molecule has 0 saturated heterocycles. The van der Waals surface area contributed by atoms with Crippen LogP contribution in [0, 0.1) is 13.8 Å². The fourth-order valence-electron chi connectivity index (χ4n) is 4.91. The zero-order valence-electron chi connectivity index (χ0n) is 25.0. The van der Waals surface area contributed by atoms with Crippen molar-refractivity contribution in [3.8, 4) is 17.2 Å². The minimum Gasteiger partial charge on any atom is -0.490 e. The summed E-state index contributed by atoms with van der Waals surface area (Å²) in [7, 11) is 1.27. The molecular weight excluding hydrogens is 570 g/mol. The molecule has 1 aromatic heterocycles. The second-order valence-corrected chi connectivity index (χ2v) is 9.93. The summed E-state index contributed by atoms with van der Waals surface area (Å²) >= 11 is 0. The SMILES string of the molecule is CCOc1cc([C@@H]2NC(=O)NC(C)=C2C(=O)OC)ccc1OC[C@H](O)N/N=C\c1cc(C)n(-c2cccc(C(=O)O)c2)c1C. The number of aliphatic hydroxyl groups is 1. The Morgan fingerprint density at radius 2 is 1.89 bits per heavy atom. The number of nitrogens with one attached hydrogen (secondary N) is 3. The number of nitrogens with zero attached hydrogens (tertiary/aromatic N) is 2. The van der Waals surface area contributed by atoms with Crippen LogP contribution in [-0.2, 0) is 9.53 Å². The molecule has 1 aliphatic heterocycles. The summed E-state index contributed by atoms with van der Waals surface area (Å²) in [5.41, 5.74) is 7.25. The maximum absolute atomic E-state index is 12.4. The summed E-state index contributed by atoms with van der Waals surface area (Å²) in [6, 6.07) is 12.3. The van der Waals surface area contributed by atoms with Crippen molar-refractivity contribution in [3.63, 3.8) is 0 Å². The molecule has 13 nitrogen and oxygen atoms in total. The summed E-state index contributed by atoms with van der Waals surface area (Å²) in [5, 5.41) is 29.3. The van der Waals surface area contributed by atoms with Crippen molar-refractivity contribution in [1.82, 2.24) is 20.6 Å². The van der Waals surface area contributed by atoms with Gasteiger partial charge in [-0.2, -0.15) is 5.10 Å². The number of carbonyl (C=O) groups is 3. The number of aryl methyl sites for hydroxylation is 1. The predicted molar refractivity (Wildman–Crippen MR) is 161 cm³/mol. The second-order valence-electron chi connectivity index (χ2n) is 9.93. The highest BCUT2D eigenvalue weighted by Gasteiger charge is 2.32. The lowest BCUT2D eigenvalue weighted by Gasteiger charge is -2.28. The van der Waals surface area contributed by atoms with E-state index < -0.39 is 30.2 Å². The Morgan fingerprint density at radius 1 is 1.11 bits per heavy atom. The Balaban J connectivity index is 1.44. The number of carboxylic acid groups (broad SMARTS) is 1. The lowest BCUT2D eigenvalue weighted by atomic mass is 9.95. The Labute approximate surface area is 254 Å². The first kappa shape index (κ1) is 31.6. The van der Waals surface area contributed by atoms with Gasteiger partial charge in [0.25, 0.3) is 0 Å². The summed E-state index contributed by atoms with van der Waals surface area (Å²) in [4.78, 5) is 36.0. The fraction of sp³-hybridized carbons (Fsp3) is 0.290. The van der Waals surface area contributed by atoms with E-state index in [2.05, 4.69) is 21.2 Å². The molecule has 0 spiro atoms. The number of hydrogen-bond acceptors (Lipinski definition) is 9. The van der Waals surface area contributed by atoms with Gasteiger partial charge in [0.2, 0.25) is 0 Å². The summed E-state index contributed by atoms with van der Waals surface area (Å²) in [6.07, 6.45) is 0.391. The molecule has 5 N–H and O–H groups in total. The first-order valence-corrected chi connectivity index (χ1v) is 13.8. The highest BCUT2D eigenvalue weighted by molar-refractivity contribution is 5.95. The van der Waals surface area contributed by atoms with Gasteiger partial charge in [-0.1, -0.05) is 12.1 Å². The Morgan fingerprint density at radius 3 is 2.59 bits per heavy atom. The quantitative estimate of drug-likeness (QED) is 0.0899. The molecule has 232 valence electrons. The molecular formula is C31H35N5O8. The van der Waals surface area contributed by atoms with Crippen LogP contribution in [0.4, 0.5) is 4.79 Å². The van der Waals surface area contributed by atoms with E-state index in [-0.39, 0.29) is 17.7 Å². The highest BCUT2D eigenvalue weighted by atomic mass is 16.5. The summed E-state index contributed by atoms with van der Waals surface area (Å²) in [6.45, 7) is 7.36. The van der Waals surface area contributed by atoms with Gasteiger partial charge >= 0.3 is 18.0 Å². The number of aliphatic hydroxyl groups excluding tert-OH is 1. The van der Waals surface area contributed by atoms with E-state index in [0.29, 0.717) is 35.1 Å². The molecule has 0 bridgehead atoms. The molecule has 13 heteroatoms. The predicted octanol–water partition coefficient (Wildman–Crippen LogP) is 3.31. The van der Waals surface area contributed by atoms with E-state index in [1.165, 1.54) is 13.2 Å². The van der Waals surface area contributed by atoms with Gasteiger partial charge in [-0.3, -0.25) is 5.43 Å². The number of hydrazone groups is 1. The second kappa shape index (κ2) is 13.8. The van der Waals surface area contributed by atoms with Crippen molar-refractivity contribution >= 4 is 24.2 Å². The minimum atomic E-state index is -1.17. The van der Waals surface area contributed by atoms with Gasteiger partial charge in [0.1, 0.15) is 6.61 Å². The van der Waals surface area contributed by atoms with E-state index in [4.69, 9.17) is 14.2 Å². The molecule has 0 saturated carbocycles. The third-order valence-corrected chi connectivity index (χ3v) is 6.92. The maximum atomic E-state index is 12.4. The van der Waals surface area contributed by atoms with Gasteiger partial charge in [0.15, 0.2) is 17.7 Å². The van der Waals surface area contributed by atoms with Crippen LogP contribution in [0.1, 0.15) is 52.8 Å². The molecule has 2 aromatic carbocycles. The number of benzene rings is 2. The number of methoxy groups -OCH3 is 1. The number of ether oxygens (including phenoxy) is 3. The molecule has 0 unspecified atom stereocenters. The number of urea groups is 1. The van der Waals surface area contributed by atoms with Gasteiger partial charge in [0, 0.05) is 28.3 Å². The first-order chi connectivity index (χ1) is 21.0. The normalized spacial score (nSPS) is 15.4. The van der Waals surface area contributed by atoms with E-state index in [1.807, 2.05) is 30.5 Å². The van der Waals surface area contributed by atoms with Crippen molar-refractivity contribution in [3.05, 3.63) is 87.9 Å². The molecule has 2 heterocycles. The van der Waals surface area contributed by atoms with Gasteiger partial charge < -0.3 is 39.6 Å². The Bertz CT molecular complexity index is 1630. The number of aromatic nitrogens is 1. The molecule has 0 radical (unpaired) electrons. The van der Waals surface area contributed by atoms with Crippen molar-refractivity contribution in [2.75, 3.05) is 20.3 Å². The maximum Gasteiger partial charge on any atom is 0.337 e. The number of aromatic carboxylic acids is 1. The number of carbonyl (C=O) groups excluding carboxylic acids is 2. The summed E-state index contributed by atoms with van der Waals surface area (Å²) in [5.74, 6) is -0.888. The van der Waals surface area contributed by atoms with Gasteiger partial charge in [-0.05, 0) is 69.7 Å². The van der Waals surface area contributed by atoms with Crippen molar-refractivity contribution in [2.45, 2.75) is 40.0 Å². The van der Waals surface area contributed by atoms with Crippen LogP contribution in [0.3, 0.4) is 0 Å². The zero-order chi connectivity index (χ0) is 32.0. The lowest BCUT2D eigenvalue weighted by molar-refractivity contribution is -0.136. The number of esters is 1. The molecule has 0 aliphatic carbocycles. The average Bonchev–Trinajstić information content (AvgIpc) is 3.28. The smallest absolute Gasteiger partial charge is 0.337 e. The van der Waals surface area contributed by atoms with Crippen LogP contribution in [0.5, 0.6) is 11.5 Å². The van der Waals surface area contributed by atoms with Gasteiger partial charge in [0.05, 0.1) is 37.1 Å². The van der Waals surface area contributed by atoms with Crippen molar-refractivity contribution < 1.29 is 38.8 Å². The lowest BCUT2D eigenvalue weighted by Crippen LogP contribution is -2.45. The Kier molecular flexibility index (Phi) is 9.91. The van der Waals surface area contributed by atoms with Crippen LogP contribution >= 0.6 is 0 Å². The molecule has 4 rings (SSSR count). The van der Waals surface area contributed by atoms with Crippen LogP contribution in [0.15, 0.2) is 64.9 Å². The van der Waals surface area contributed by atoms with Crippen LogP contribution < -0.4 is 25.5 Å². The van der Waals surface area contributed by atoms with Gasteiger partial charge in [-0.25, -0.2) is 14.4 Å². The highest BCUT2D eigenvalue weighted by Crippen LogP contribution is 2.35. The average molecular weight is 606 g/mol. The molecule has 0 fully saturated rings. The molecule has 2 amide bonds. The van der Waals surface area contributed by atoms with E-state index >= 15 is 0 Å². The van der Waals surface area contributed by atoms with Crippen LogP contribution in [-0.4, -0.2) is 65.5 Å². The molecule has 44 heavy (non-hydrogen) atoms. The van der Waals surface area contributed by atoms with Crippen molar-refractivity contribution in [2.24, 2.45) is 5.10 Å². The van der Waals surface area contributed by atoms with Gasteiger partial charge in [-0.15, -0.1) is 0 Å². The minimum absolute atomic E-state index is 0.172. The molecule has 1 aliphatic rings.